The van der Waals surface area contributed by atoms with Crippen molar-refractivity contribution in [3.05, 3.63) is 42.5 Å². The zero-order valence-corrected chi connectivity index (χ0v) is 16.3. The molecule has 3 heterocycles. The Morgan fingerprint density at radius 1 is 1.00 bits per heavy atom. The number of rotatable bonds is 4. The fraction of sp³-hybridized carbons (Fsp3) is 0.364. The lowest BCUT2D eigenvalue weighted by atomic mass is 10.1. The Hall–Kier alpha value is -3.42. The second-order valence-electron chi connectivity index (χ2n) is 7.48. The number of ether oxygens (including phenoxy) is 4. The molecule has 1 fully saturated rings. The predicted molar refractivity (Wildman–Crippen MR) is 107 cm³/mol. The standard InChI is InChI=1S/C22H22N2O6/c25-21-9-14(12-24(21)15-5-6-18-20(10-15)28-8-7-27-18)22(26)23-11-16-13-29-17-3-1-2-4-19(17)30-16/h1-6,10,14,16H,7-9,11-13H2,(H,23,26)/t14-,16-/m0/s1. The van der Waals surface area contributed by atoms with Crippen LogP contribution in [0.25, 0.3) is 0 Å². The summed E-state index contributed by atoms with van der Waals surface area (Å²) < 4.78 is 22.7. The third kappa shape index (κ3) is 3.60. The maximum absolute atomic E-state index is 12.7. The second-order valence-corrected chi connectivity index (χ2v) is 7.48. The highest BCUT2D eigenvalue weighted by Gasteiger charge is 2.36. The Labute approximate surface area is 173 Å². The first-order valence-corrected chi connectivity index (χ1v) is 10.0. The first-order chi connectivity index (χ1) is 14.7. The topological polar surface area (TPSA) is 86.3 Å². The van der Waals surface area contributed by atoms with Gasteiger partial charge >= 0.3 is 0 Å². The number of fused-ring (bicyclic) bond motifs is 2. The maximum atomic E-state index is 12.7. The number of anilines is 1. The molecule has 2 aromatic carbocycles. The van der Waals surface area contributed by atoms with Crippen molar-refractivity contribution in [1.82, 2.24) is 5.32 Å². The summed E-state index contributed by atoms with van der Waals surface area (Å²) >= 11 is 0. The summed E-state index contributed by atoms with van der Waals surface area (Å²) in [6.07, 6.45) is -0.0969. The van der Waals surface area contributed by atoms with Gasteiger partial charge in [0.1, 0.15) is 25.9 Å². The second kappa shape index (κ2) is 7.78. The van der Waals surface area contributed by atoms with Crippen LogP contribution in [0.4, 0.5) is 5.69 Å². The number of hydrogen-bond donors (Lipinski definition) is 1. The average molecular weight is 410 g/mol. The molecule has 2 amide bonds. The highest BCUT2D eigenvalue weighted by atomic mass is 16.6. The van der Waals surface area contributed by atoms with Crippen molar-refractivity contribution < 1.29 is 28.5 Å². The first kappa shape index (κ1) is 18.6. The lowest BCUT2D eigenvalue weighted by molar-refractivity contribution is -0.126. The summed E-state index contributed by atoms with van der Waals surface area (Å²) in [7, 11) is 0. The SMILES string of the molecule is O=C(NC[C@H]1COc2ccccc2O1)[C@H]1CC(=O)N(c2ccc3c(c2)OCCO3)C1. The summed E-state index contributed by atoms with van der Waals surface area (Å²) in [6.45, 7) is 2.01. The molecule has 1 saturated heterocycles. The van der Waals surface area contributed by atoms with Gasteiger partial charge in [0.2, 0.25) is 11.8 Å². The Morgan fingerprint density at radius 2 is 1.77 bits per heavy atom. The molecule has 2 atom stereocenters. The number of benzene rings is 2. The number of carbonyl (C=O) groups excluding carboxylic acids is 2. The van der Waals surface area contributed by atoms with Gasteiger partial charge in [0.15, 0.2) is 23.0 Å². The van der Waals surface area contributed by atoms with Gasteiger partial charge in [0, 0.05) is 24.7 Å². The molecular formula is C22H22N2O6. The Morgan fingerprint density at radius 3 is 2.63 bits per heavy atom. The molecule has 8 nitrogen and oxygen atoms in total. The van der Waals surface area contributed by atoms with Crippen molar-refractivity contribution in [1.29, 1.82) is 0 Å². The van der Waals surface area contributed by atoms with Crippen molar-refractivity contribution in [2.75, 3.05) is 37.8 Å². The fourth-order valence-corrected chi connectivity index (χ4v) is 3.86. The molecule has 3 aliphatic heterocycles. The van der Waals surface area contributed by atoms with Crippen LogP contribution >= 0.6 is 0 Å². The lowest BCUT2D eigenvalue weighted by Crippen LogP contribution is -2.43. The van der Waals surface area contributed by atoms with Gasteiger partial charge in [0.25, 0.3) is 0 Å². The Kier molecular flexibility index (Phi) is 4.82. The third-order valence-electron chi connectivity index (χ3n) is 5.40. The molecule has 0 aromatic heterocycles. The van der Waals surface area contributed by atoms with E-state index in [2.05, 4.69) is 5.32 Å². The molecule has 156 valence electrons. The zero-order valence-electron chi connectivity index (χ0n) is 16.3. The van der Waals surface area contributed by atoms with E-state index in [-0.39, 0.29) is 24.3 Å². The van der Waals surface area contributed by atoms with Crippen LogP contribution < -0.4 is 29.2 Å². The van der Waals surface area contributed by atoms with Crippen molar-refractivity contribution >= 4 is 17.5 Å². The minimum absolute atomic E-state index is 0.0852. The van der Waals surface area contributed by atoms with Crippen LogP contribution in [0.1, 0.15) is 6.42 Å². The molecule has 0 bridgehead atoms. The van der Waals surface area contributed by atoms with E-state index in [1.165, 1.54) is 0 Å². The molecule has 3 aliphatic rings. The molecule has 0 radical (unpaired) electrons. The van der Waals surface area contributed by atoms with Gasteiger partial charge in [-0.1, -0.05) is 12.1 Å². The smallest absolute Gasteiger partial charge is 0.227 e. The van der Waals surface area contributed by atoms with Gasteiger partial charge in [-0.15, -0.1) is 0 Å². The number of hydrogen-bond acceptors (Lipinski definition) is 6. The van der Waals surface area contributed by atoms with Crippen LogP contribution in [-0.2, 0) is 9.59 Å². The quantitative estimate of drug-likeness (QED) is 0.827. The summed E-state index contributed by atoms with van der Waals surface area (Å²) in [6, 6.07) is 12.8. The molecule has 5 rings (SSSR count). The van der Waals surface area contributed by atoms with E-state index in [1.54, 1.807) is 17.0 Å². The van der Waals surface area contributed by atoms with Crippen LogP contribution in [0.15, 0.2) is 42.5 Å². The van der Waals surface area contributed by atoms with E-state index in [4.69, 9.17) is 18.9 Å². The van der Waals surface area contributed by atoms with E-state index in [9.17, 15) is 9.59 Å². The summed E-state index contributed by atoms with van der Waals surface area (Å²) in [5, 5.41) is 2.90. The van der Waals surface area contributed by atoms with E-state index < -0.39 is 5.92 Å². The monoisotopic (exact) mass is 410 g/mol. The highest BCUT2D eigenvalue weighted by Crippen LogP contribution is 2.36. The fourth-order valence-electron chi connectivity index (χ4n) is 3.86. The molecule has 0 saturated carbocycles. The predicted octanol–water partition coefficient (Wildman–Crippen LogP) is 1.77. The largest absolute Gasteiger partial charge is 0.486 e. The molecule has 30 heavy (non-hydrogen) atoms. The molecule has 0 spiro atoms. The van der Waals surface area contributed by atoms with Gasteiger partial charge in [-0.25, -0.2) is 0 Å². The summed E-state index contributed by atoms with van der Waals surface area (Å²) in [4.78, 5) is 26.8. The van der Waals surface area contributed by atoms with Crippen molar-refractivity contribution in [3.63, 3.8) is 0 Å². The highest BCUT2D eigenvalue weighted by molar-refractivity contribution is 6.00. The number of amides is 2. The number of para-hydroxylation sites is 2. The van der Waals surface area contributed by atoms with Crippen LogP contribution in [-0.4, -0.2) is 50.8 Å². The Balaban J connectivity index is 1.18. The van der Waals surface area contributed by atoms with E-state index in [1.807, 2.05) is 30.3 Å². The zero-order chi connectivity index (χ0) is 20.5. The van der Waals surface area contributed by atoms with Gasteiger partial charge in [-0.3, -0.25) is 9.59 Å². The molecule has 8 heteroatoms. The van der Waals surface area contributed by atoms with Crippen molar-refractivity contribution in [2.24, 2.45) is 5.92 Å². The van der Waals surface area contributed by atoms with E-state index in [0.29, 0.717) is 61.6 Å². The maximum Gasteiger partial charge on any atom is 0.227 e. The normalized spacial score (nSPS) is 22.0. The number of nitrogens with zero attached hydrogens (tertiary/aromatic N) is 1. The van der Waals surface area contributed by atoms with Crippen molar-refractivity contribution in [2.45, 2.75) is 12.5 Å². The first-order valence-electron chi connectivity index (χ1n) is 10.0. The molecular weight excluding hydrogens is 388 g/mol. The minimum Gasteiger partial charge on any atom is -0.486 e. The van der Waals surface area contributed by atoms with Gasteiger partial charge in [-0.2, -0.15) is 0 Å². The van der Waals surface area contributed by atoms with Crippen LogP contribution in [0.2, 0.25) is 0 Å². The minimum atomic E-state index is -0.414. The number of carbonyl (C=O) groups is 2. The van der Waals surface area contributed by atoms with Gasteiger partial charge in [0.05, 0.1) is 12.5 Å². The molecule has 2 aromatic rings. The molecule has 1 N–H and O–H groups in total. The van der Waals surface area contributed by atoms with Crippen LogP contribution in [0, 0.1) is 5.92 Å². The van der Waals surface area contributed by atoms with E-state index >= 15 is 0 Å². The summed E-state index contributed by atoms with van der Waals surface area (Å²) in [5.41, 5.74) is 0.708. The van der Waals surface area contributed by atoms with Crippen LogP contribution in [0.5, 0.6) is 23.0 Å². The van der Waals surface area contributed by atoms with E-state index in [0.717, 1.165) is 0 Å². The van der Waals surface area contributed by atoms with Gasteiger partial charge in [-0.05, 0) is 24.3 Å². The number of nitrogens with one attached hydrogen (secondary N) is 1. The van der Waals surface area contributed by atoms with Crippen molar-refractivity contribution in [3.8, 4) is 23.0 Å². The third-order valence-corrected chi connectivity index (χ3v) is 5.40. The average Bonchev–Trinajstić information content (AvgIpc) is 3.18. The van der Waals surface area contributed by atoms with Gasteiger partial charge < -0.3 is 29.2 Å². The molecule has 0 unspecified atom stereocenters. The Bertz CT molecular complexity index is 978. The summed E-state index contributed by atoms with van der Waals surface area (Å²) in [5.74, 6) is 2.00. The van der Waals surface area contributed by atoms with Crippen LogP contribution in [0.3, 0.4) is 0 Å². The molecule has 0 aliphatic carbocycles. The lowest BCUT2D eigenvalue weighted by Gasteiger charge is -2.27.